The maximum atomic E-state index is 12.0. The molecule has 0 spiro atoms. The minimum Gasteiger partial charge on any atom is -0.493 e. The van der Waals surface area contributed by atoms with Crippen LogP contribution in [0.5, 0.6) is 17.2 Å². The lowest BCUT2D eigenvalue weighted by Crippen LogP contribution is -2.13. The molecule has 0 heterocycles. The van der Waals surface area contributed by atoms with E-state index in [4.69, 9.17) is 18.4 Å². The highest BCUT2D eigenvalue weighted by Gasteiger charge is 2.14. The van der Waals surface area contributed by atoms with Crippen LogP contribution in [-0.4, -0.2) is 35.9 Å². The van der Waals surface area contributed by atoms with Crippen LogP contribution in [0.3, 0.4) is 0 Å². The first kappa shape index (κ1) is 18.1. The van der Waals surface area contributed by atoms with E-state index in [2.05, 4.69) is 0 Å². The molecule has 0 aliphatic rings. The van der Waals surface area contributed by atoms with Gasteiger partial charge in [-0.15, -0.1) is 0 Å². The Labute approximate surface area is 142 Å². The molecule has 0 aromatic heterocycles. The molecule has 0 aliphatic heterocycles. The van der Waals surface area contributed by atoms with E-state index >= 15 is 0 Å². The molecule has 0 radical (unpaired) electrons. The molecule has 0 atom stereocenters. The average molecular weight is 352 g/mol. The van der Waals surface area contributed by atoms with Gasteiger partial charge < -0.3 is 14.2 Å². The second-order valence-electron chi connectivity index (χ2n) is 4.95. The highest BCUT2D eigenvalue weighted by atomic mass is 32.2. The summed E-state index contributed by atoms with van der Waals surface area (Å²) < 4.78 is 44.8. The first-order chi connectivity index (χ1) is 11.5. The molecule has 0 amide bonds. The second-order valence-corrected chi connectivity index (χ2v) is 6.57. The van der Waals surface area contributed by atoms with Gasteiger partial charge in [0.1, 0.15) is 19.0 Å². The van der Waals surface area contributed by atoms with Crippen molar-refractivity contribution in [2.45, 2.75) is 11.8 Å². The molecule has 0 N–H and O–H groups in total. The van der Waals surface area contributed by atoms with Crippen LogP contribution in [-0.2, 0) is 14.3 Å². The van der Waals surface area contributed by atoms with Crippen molar-refractivity contribution >= 4 is 10.1 Å². The van der Waals surface area contributed by atoms with E-state index in [1.165, 1.54) is 19.2 Å². The summed E-state index contributed by atoms with van der Waals surface area (Å²) in [5.74, 6) is 1.65. The number of benzene rings is 2. The molecule has 130 valence electrons. The predicted octanol–water partition coefficient (Wildman–Crippen LogP) is 2.80. The summed E-state index contributed by atoms with van der Waals surface area (Å²) in [6, 6.07) is 11.5. The lowest BCUT2D eigenvalue weighted by molar-refractivity contribution is 0.220. The third-order valence-electron chi connectivity index (χ3n) is 3.26. The molecule has 0 bridgehead atoms. The van der Waals surface area contributed by atoms with Gasteiger partial charge in [-0.25, -0.2) is 0 Å². The maximum Gasteiger partial charge on any atom is 0.297 e. The van der Waals surface area contributed by atoms with Gasteiger partial charge in [0.2, 0.25) is 0 Å². The van der Waals surface area contributed by atoms with Crippen molar-refractivity contribution in [1.29, 1.82) is 0 Å². The van der Waals surface area contributed by atoms with Crippen molar-refractivity contribution in [2.75, 3.05) is 27.4 Å². The normalized spacial score (nSPS) is 11.1. The summed E-state index contributed by atoms with van der Waals surface area (Å²) in [6.45, 7) is 1.87. The minimum absolute atomic E-state index is 0.0839. The van der Waals surface area contributed by atoms with Crippen molar-refractivity contribution in [3.8, 4) is 17.2 Å². The Bertz CT molecular complexity index is 768. The van der Waals surface area contributed by atoms with Crippen molar-refractivity contribution in [2.24, 2.45) is 0 Å². The third-order valence-corrected chi connectivity index (χ3v) is 4.58. The quantitative estimate of drug-likeness (QED) is 0.537. The van der Waals surface area contributed by atoms with Gasteiger partial charge in [0.15, 0.2) is 11.5 Å². The van der Waals surface area contributed by atoms with Crippen molar-refractivity contribution < 1.29 is 26.8 Å². The first-order valence-electron chi connectivity index (χ1n) is 7.27. The molecule has 0 unspecified atom stereocenters. The van der Waals surface area contributed by atoms with Gasteiger partial charge in [-0.05, 0) is 31.2 Å². The Balaban J connectivity index is 1.89. The van der Waals surface area contributed by atoms with E-state index in [1.54, 1.807) is 37.4 Å². The summed E-state index contributed by atoms with van der Waals surface area (Å²) in [7, 11) is -0.709. The molecule has 7 heteroatoms. The Hall–Kier alpha value is -2.25. The summed E-state index contributed by atoms with van der Waals surface area (Å²) in [5.41, 5.74) is 0.978. The molecule has 24 heavy (non-hydrogen) atoms. The Morgan fingerprint density at radius 1 is 0.875 bits per heavy atom. The summed E-state index contributed by atoms with van der Waals surface area (Å²) >= 11 is 0. The van der Waals surface area contributed by atoms with Crippen LogP contribution in [0.25, 0.3) is 0 Å². The Kier molecular flexibility index (Phi) is 6.05. The minimum atomic E-state index is -3.78. The fourth-order valence-electron chi connectivity index (χ4n) is 1.98. The zero-order valence-electron chi connectivity index (χ0n) is 13.8. The van der Waals surface area contributed by atoms with E-state index in [0.29, 0.717) is 17.2 Å². The highest BCUT2D eigenvalue weighted by molar-refractivity contribution is 7.86. The molecule has 0 saturated carbocycles. The van der Waals surface area contributed by atoms with E-state index < -0.39 is 10.1 Å². The number of methoxy groups -OCH3 is 2. The predicted molar refractivity (Wildman–Crippen MR) is 89.4 cm³/mol. The fraction of sp³-hybridized carbons (Fsp3) is 0.294. The number of hydrogen-bond donors (Lipinski definition) is 0. The summed E-state index contributed by atoms with van der Waals surface area (Å²) in [6.07, 6.45) is 0. The molecule has 2 aromatic carbocycles. The second kappa shape index (κ2) is 8.03. The van der Waals surface area contributed by atoms with Gasteiger partial charge in [0, 0.05) is 6.07 Å². The Morgan fingerprint density at radius 2 is 1.54 bits per heavy atom. The summed E-state index contributed by atoms with van der Waals surface area (Å²) in [5, 5.41) is 0. The molecule has 2 rings (SSSR count). The van der Waals surface area contributed by atoms with Crippen LogP contribution in [0.2, 0.25) is 0 Å². The lowest BCUT2D eigenvalue weighted by atomic mass is 10.2. The van der Waals surface area contributed by atoms with E-state index in [0.717, 1.165) is 5.56 Å². The molecule has 2 aromatic rings. The summed E-state index contributed by atoms with van der Waals surface area (Å²) in [4.78, 5) is 0.124. The number of rotatable bonds is 8. The van der Waals surface area contributed by atoms with Crippen LogP contribution in [0.1, 0.15) is 5.56 Å². The molecule has 0 aliphatic carbocycles. The number of aryl methyl sites for hydroxylation is 1. The van der Waals surface area contributed by atoms with E-state index in [1.807, 2.05) is 6.92 Å². The largest absolute Gasteiger partial charge is 0.493 e. The van der Waals surface area contributed by atoms with Crippen LogP contribution in [0.15, 0.2) is 47.4 Å². The van der Waals surface area contributed by atoms with Crippen LogP contribution < -0.4 is 14.2 Å². The van der Waals surface area contributed by atoms with Gasteiger partial charge in [-0.2, -0.15) is 8.42 Å². The third kappa shape index (κ3) is 4.62. The monoisotopic (exact) mass is 352 g/mol. The Morgan fingerprint density at radius 3 is 2.17 bits per heavy atom. The van der Waals surface area contributed by atoms with Crippen LogP contribution in [0, 0.1) is 6.92 Å². The zero-order chi connectivity index (χ0) is 17.6. The van der Waals surface area contributed by atoms with Gasteiger partial charge in [-0.1, -0.05) is 17.7 Å². The lowest BCUT2D eigenvalue weighted by Gasteiger charge is -2.11. The van der Waals surface area contributed by atoms with E-state index in [9.17, 15) is 8.42 Å². The molecule has 0 saturated heterocycles. The zero-order valence-corrected chi connectivity index (χ0v) is 14.6. The number of hydrogen-bond acceptors (Lipinski definition) is 6. The average Bonchev–Trinajstić information content (AvgIpc) is 2.59. The SMILES string of the molecule is COc1ccc(OCCOS(=O)(=O)c2ccc(C)cc2)cc1OC. The van der Waals surface area contributed by atoms with Gasteiger partial charge in [-0.3, -0.25) is 4.18 Å². The maximum absolute atomic E-state index is 12.0. The van der Waals surface area contributed by atoms with Crippen molar-refractivity contribution in [1.82, 2.24) is 0 Å². The number of ether oxygens (including phenoxy) is 3. The molecular weight excluding hydrogens is 332 g/mol. The molecule has 6 nitrogen and oxygen atoms in total. The van der Waals surface area contributed by atoms with Crippen molar-refractivity contribution in [3.05, 3.63) is 48.0 Å². The standard InChI is InChI=1S/C17H20O6S/c1-13-4-7-15(8-5-13)24(18,19)23-11-10-22-14-6-9-16(20-2)17(12-14)21-3/h4-9,12H,10-11H2,1-3H3. The molecular formula is C17H20O6S. The fourth-order valence-corrected chi connectivity index (χ4v) is 2.88. The van der Waals surface area contributed by atoms with Crippen molar-refractivity contribution in [3.63, 3.8) is 0 Å². The van der Waals surface area contributed by atoms with E-state index in [-0.39, 0.29) is 18.1 Å². The topological polar surface area (TPSA) is 71.1 Å². The van der Waals surface area contributed by atoms with Gasteiger partial charge >= 0.3 is 0 Å². The van der Waals surface area contributed by atoms with Gasteiger partial charge in [0.05, 0.1) is 19.1 Å². The first-order valence-corrected chi connectivity index (χ1v) is 8.68. The molecule has 0 fully saturated rings. The highest BCUT2D eigenvalue weighted by Crippen LogP contribution is 2.30. The van der Waals surface area contributed by atoms with Crippen LogP contribution in [0.4, 0.5) is 0 Å². The van der Waals surface area contributed by atoms with Gasteiger partial charge in [0.25, 0.3) is 10.1 Å². The smallest absolute Gasteiger partial charge is 0.297 e. The van der Waals surface area contributed by atoms with Crippen LogP contribution >= 0.6 is 0 Å².